The normalized spacial score (nSPS) is 20.9. The Morgan fingerprint density at radius 3 is 2.06 bits per heavy atom. The SMILES string of the molecule is C=CC(C)OC[C@H](O)[C@@H](O)[C@H](O)[C@H](O)CO. The minimum Gasteiger partial charge on any atom is -0.394 e. The van der Waals surface area contributed by atoms with E-state index in [0.29, 0.717) is 0 Å². The second-order valence-electron chi connectivity index (χ2n) is 3.57. The number of ether oxygens (including phenoxy) is 1. The van der Waals surface area contributed by atoms with E-state index >= 15 is 0 Å². The van der Waals surface area contributed by atoms with Crippen LogP contribution in [-0.2, 0) is 4.74 Å². The molecule has 5 N–H and O–H groups in total. The zero-order valence-corrected chi connectivity index (χ0v) is 9.23. The highest BCUT2D eigenvalue weighted by Gasteiger charge is 2.30. The van der Waals surface area contributed by atoms with Crippen molar-refractivity contribution in [1.29, 1.82) is 0 Å². The van der Waals surface area contributed by atoms with E-state index in [1.54, 1.807) is 6.92 Å². The first kappa shape index (κ1) is 15.5. The number of rotatable bonds is 8. The summed E-state index contributed by atoms with van der Waals surface area (Å²) in [6, 6.07) is 0. The van der Waals surface area contributed by atoms with Gasteiger partial charge in [-0.15, -0.1) is 6.58 Å². The fourth-order valence-corrected chi connectivity index (χ4v) is 0.980. The molecule has 0 heterocycles. The molecule has 6 nitrogen and oxygen atoms in total. The Hall–Kier alpha value is -0.500. The third-order valence-corrected chi connectivity index (χ3v) is 2.19. The van der Waals surface area contributed by atoms with Crippen LogP contribution in [0.3, 0.4) is 0 Å². The molecule has 0 saturated carbocycles. The first-order valence-corrected chi connectivity index (χ1v) is 5.01. The van der Waals surface area contributed by atoms with E-state index in [9.17, 15) is 15.3 Å². The highest BCUT2D eigenvalue weighted by atomic mass is 16.5. The standard InChI is InChI=1S/C10H20O6/c1-3-6(2)16-5-8(13)10(15)9(14)7(12)4-11/h3,6-15H,1,4-5H2,2H3/t6?,7-,8+,9-,10-/m1/s1. The summed E-state index contributed by atoms with van der Waals surface area (Å²) in [5.74, 6) is 0. The predicted molar refractivity (Wildman–Crippen MR) is 56.7 cm³/mol. The van der Waals surface area contributed by atoms with Gasteiger partial charge in [-0.25, -0.2) is 0 Å². The molecule has 5 atom stereocenters. The van der Waals surface area contributed by atoms with Gasteiger partial charge >= 0.3 is 0 Å². The van der Waals surface area contributed by atoms with Gasteiger partial charge in [-0.05, 0) is 6.92 Å². The molecule has 1 unspecified atom stereocenters. The monoisotopic (exact) mass is 236 g/mol. The van der Waals surface area contributed by atoms with Crippen LogP contribution in [0.5, 0.6) is 0 Å². The highest BCUT2D eigenvalue weighted by molar-refractivity contribution is 4.81. The highest BCUT2D eigenvalue weighted by Crippen LogP contribution is 2.06. The summed E-state index contributed by atoms with van der Waals surface area (Å²) in [7, 11) is 0. The van der Waals surface area contributed by atoms with Crippen molar-refractivity contribution in [3.05, 3.63) is 12.7 Å². The molecule has 0 spiro atoms. The molecule has 0 saturated heterocycles. The lowest BCUT2D eigenvalue weighted by Gasteiger charge is -2.26. The average molecular weight is 236 g/mol. The van der Waals surface area contributed by atoms with E-state index in [1.807, 2.05) is 0 Å². The summed E-state index contributed by atoms with van der Waals surface area (Å²) in [4.78, 5) is 0. The van der Waals surface area contributed by atoms with Gasteiger partial charge in [0.15, 0.2) is 0 Å². The Labute approximate surface area is 94.4 Å². The van der Waals surface area contributed by atoms with Crippen LogP contribution < -0.4 is 0 Å². The van der Waals surface area contributed by atoms with Crippen molar-refractivity contribution in [3.63, 3.8) is 0 Å². The van der Waals surface area contributed by atoms with Crippen molar-refractivity contribution in [2.45, 2.75) is 37.4 Å². The topological polar surface area (TPSA) is 110 Å². The molecular weight excluding hydrogens is 216 g/mol. The van der Waals surface area contributed by atoms with Crippen molar-refractivity contribution >= 4 is 0 Å². The van der Waals surface area contributed by atoms with Gasteiger partial charge in [0, 0.05) is 0 Å². The van der Waals surface area contributed by atoms with Gasteiger partial charge in [-0.3, -0.25) is 0 Å². The Balaban J connectivity index is 4.06. The fraction of sp³-hybridized carbons (Fsp3) is 0.800. The molecule has 0 fully saturated rings. The van der Waals surface area contributed by atoms with Crippen LogP contribution in [-0.4, -0.2) is 69.3 Å². The van der Waals surface area contributed by atoms with Crippen molar-refractivity contribution < 1.29 is 30.3 Å². The van der Waals surface area contributed by atoms with Crippen molar-refractivity contribution in [1.82, 2.24) is 0 Å². The van der Waals surface area contributed by atoms with Crippen LogP contribution in [0.4, 0.5) is 0 Å². The Morgan fingerprint density at radius 2 is 1.62 bits per heavy atom. The van der Waals surface area contributed by atoms with Crippen molar-refractivity contribution in [2.24, 2.45) is 0 Å². The molecule has 0 aromatic rings. The van der Waals surface area contributed by atoms with Crippen LogP contribution in [0.1, 0.15) is 6.92 Å². The van der Waals surface area contributed by atoms with Crippen LogP contribution in [0.25, 0.3) is 0 Å². The molecule has 0 rings (SSSR count). The Morgan fingerprint density at radius 1 is 1.12 bits per heavy atom. The molecule has 0 radical (unpaired) electrons. The summed E-state index contributed by atoms with van der Waals surface area (Å²) in [5, 5.41) is 45.7. The molecular formula is C10H20O6. The quantitative estimate of drug-likeness (QED) is 0.312. The van der Waals surface area contributed by atoms with Crippen molar-refractivity contribution in [3.8, 4) is 0 Å². The van der Waals surface area contributed by atoms with E-state index in [-0.39, 0.29) is 12.7 Å². The molecule has 96 valence electrons. The van der Waals surface area contributed by atoms with E-state index in [1.165, 1.54) is 6.08 Å². The molecule has 0 aromatic heterocycles. The molecule has 0 aliphatic carbocycles. The summed E-state index contributed by atoms with van der Waals surface area (Å²) < 4.78 is 5.05. The first-order valence-electron chi connectivity index (χ1n) is 5.01. The molecule has 0 aromatic carbocycles. The van der Waals surface area contributed by atoms with E-state index in [0.717, 1.165) is 0 Å². The van der Waals surface area contributed by atoms with Gasteiger partial charge in [0.2, 0.25) is 0 Å². The summed E-state index contributed by atoms with van der Waals surface area (Å²) in [6.07, 6.45) is -4.83. The first-order chi connectivity index (χ1) is 7.43. The predicted octanol–water partition coefficient (Wildman–Crippen LogP) is -1.99. The van der Waals surface area contributed by atoms with E-state index < -0.39 is 31.0 Å². The maximum atomic E-state index is 9.41. The largest absolute Gasteiger partial charge is 0.394 e. The number of hydrogen-bond acceptors (Lipinski definition) is 6. The van der Waals surface area contributed by atoms with Crippen LogP contribution >= 0.6 is 0 Å². The average Bonchev–Trinajstić information content (AvgIpc) is 2.32. The molecule has 0 amide bonds. The number of hydrogen-bond donors (Lipinski definition) is 5. The van der Waals surface area contributed by atoms with Gasteiger partial charge in [0.25, 0.3) is 0 Å². The lowest BCUT2D eigenvalue weighted by molar-refractivity contribution is -0.131. The zero-order chi connectivity index (χ0) is 12.7. The smallest absolute Gasteiger partial charge is 0.111 e. The molecule has 0 aliphatic rings. The maximum absolute atomic E-state index is 9.41. The van der Waals surface area contributed by atoms with Crippen LogP contribution in [0.15, 0.2) is 12.7 Å². The van der Waals surface area contributed by atoms with E-state index in [2.05, 4.69) is 6.58 Å². The van der Waals surface area contributed by atoms with Gasteiger partial charge < -0.3 is 30.3 Å². The van der Waals surface area contributed by atoms with Crippen molar-refractivity contribution in [2.75, 3.05) is 13.2 Å². The molecule has 16 heavy (non-hydrogen) atoms. The zero-order valence-electron chi connectivity index (χ0n) is 9.23. The number of aliphatic hydroxyl groups excluding tert-OH is 5. The summed E-state index contributed by atoms with van der Waals surface area (Å²) in [5.41, 5.74) is 0. The third kappa shape index (κ3) is 5.02. The van der Waals surface area contributed by atoms with Gasteiger partial charge in [-0.2, -0.15) is 0 Å². The maximum Gasteiger partial charge on any atom is 0.111 e. The minimum atomic E-state index is -1.62. The minimum absolute atomic E-state index is 0.205. The Kier molecular flexibility index (Phi) is 7.48. The van der Waals surface area contributed by atoms with Gasteiger partial charge in [-0.1, -0.05) is 6.08 Å². The summed E-state index contributed by atoms with van der Waals surface area (Å²) >= 11 is 0. The third-order valence-electron chi connectivity index (χ3n) is 2.19. The summed E-state index contributed by atoms with van der Waals surface area (Å²) in [6.45, 7) is 4.26. The lowest BCUT2D eigenvalue weighted by atomic mass is 10.0. The van der Waals surface area contributed by atoms with Crippen LogP contribution in [0.2, 0.25) is 0 Å². The van der Waals surface area contributed by atoms with Crippen LogP contribution in [0, 0.1) is 0 Å². The fourth-order valence-electron chi connectivity index (χ4n) is 0.980. The second kappa shape index (κ2) is 7.72. The molecule has 6 heteroatoms. The van der Waals surface area contributed by atoms with Gasteiger partial charge in [0.05, 0.1) is 19.3 Å². The van der Waals surface area contributed by atoms with E-state index in [4.69, 9.17) is 14.9 Å². The van der Waals surface area contributed by atoms with Gasteiger partial charge in [0.1, 0.15) is 24.4 Å². The molecule has 0 bridgehead atoms. The lowest BCUT2D eigenvalue weighted by Crippen LogP contribution is -2.47. The Bertz CT molecular complexity index is 198. The second-order valence-corrected chi connectivity index (χ2v) is 3.57. The number of aliphatic hydroxyl groups is 5. The molecule has 0 aliphatic heterocycles.